The molecule has 0 fully saturated rings. The van der Waals surface area contributed by atoms with Gasteiger partial charge < -0.3 is 9.47 Å². The average Bonchev–Trinajstić information content (AvgIpc) is 2.66. The van der Waals surface area contributed by atoms with Gasteiger partial charge in [0.25, 0.3) is 0 Å². The van der Waals surface area contributed by atoms with Crippen molar-refractivity contribution >= 4 is 24.1 Å². The molecule has 0 saturated carbocycles. The molecule has 2 aromatic rings. The molecule has 130 valence electrons. The van der Waals surface area contributed by atoms with Crippen molar-refractivity contribution in [1.29, 1.82) is 0 Å². The van der Waals surface area contributed by atoms with Gasteiger partial charge in [-0.3, -0.25) is 0 Å². The molecule has 0 heterocycles. The number of ether oxygens (including phenoxy) is 2. The summed E-state index contributed by atoms with van der Waals surface area (Å²) < 4.78 is 10.3. The molecule has 0 N–H and O–H groups in total. The lowest BCUT2D eigenvalue weighted by molar-refractivity contribution is 0.0472. The predicted molar refractivity (Wildman–Crippen MR) is 99.8 cm³/mol. The van der Waals surface area contributed by atoms with Crippen LogP contribution in [0.25, 0.3) is 12.2 Å². The second-order valence-electron chi connectivity index (χ2n) is 5.68. The average molecular weight is 346 g/mol. The summed E-state index contributed by atoms with van der Waals surface area (Å²) in [5.74, 6) is -0.988. The smallest absolute Gasteiger partial charge is 0.338 e. The van der Waals surface area contributed by atoms with Crippen molar-refractivity contribution in [3.63, 3.8) is 0 Å². The molecular formula is C22H18O4. The van der Waals surface area contributed by atoms with Gasteiger partial charge in [0.15, 0.2) is 0 Å². The minimum Gasteiger partial charge on any atom is -0.465 e. The number of allylic oxidation sites excluding steroid dienone is 4. The highest BCUT2D eigenvalue weighted by Crippen LogP contribution is 2.07. The molecule has 1 aliphatic carbocycles. The molecule has 3 rings (SSSR count). The van der Waals surface area contributed by atoms with Gasteiger partial charge in [0, 0.05) is 0 Å². The van der Waals surface area contributed by atoms with Crippen LogP contribution in [0.1, 0.15) is 26.3 Å². The van der Waals surface area contributed by atoms with E-state index in [-0.39, 0.29) is 6.61 Å². The first-order valence-electron chi connectivity index (χ1n) is 8.18. The zero-order valence-corrected chi connectivity index (χ0v) is 14.3. The van der Waals surface area contributed by atoms with Crippen molar-refractivity contribution in [2.45, 2.75) is 6.61 Å². The summed E-state index contributed by atoms with van der Waals surface area (Å²) in [5.41, 5.74) is 1.53. The highest BCUT2D eigenvalue weighted by atomic mass is 16.5. The highest BCUT2D eigenvalue weighted by Gasteiger charge is 2.15. The van der Waals surface area contributed by atoms with Crippen molar-refractivity contribution in [2.75, 3.05) is 7.11 Å². The number of fused-ring (bicyclic) bond motifs is 1. The zero-order chi connectivity index (χ0) is 18.4. The van der Waals surface area contributed by atoms with E-state index in [1.165, 1.54) is 13.2 Å². The molecule has 0 aromatic heterocycles. The van der Waals surface area contributed by atoms with Crippen LogP contribution in [0.15, 0.2) is 66.8 Å². The molecule has 0 atom stereocenters. The Hall–Kier alpha value is -3.40. The number of methoxy groups -OCH3 is 1. The van der Waals surface area contributed by atoms with Gasteiger partial charge >= 0.3 is 11.9 Å². The van der Waals surface area contributed by atoms with E-state index >= 15 is 0 Å². The Morgan fingerprint density at radius 3 is 2.35 bits per heavy atom. The number of esters is 2. The number of carbonyl (C=O) groups is 2. The fourth-order valence-corrected chi connectivity index (χ4v) is 2.64. The van der Waals surface area contributed by atoms with E-state index in [9.17, 15) is 9.59 Å². The summed E-state index contributed by atoms with van der Waals surface area (Å²) >= 11 is 0. The Morgan fingerprint density at radius 2 is 1.62 bits per heavy atom. The van der Waals surface area contributed by atoms with Gasteiger partial charge in [0.2, 0.25) is 0 Å². The zero-order valence-electron chi connectivity index (χ0n) is 14.3. The fourth-order valence-electron chi connectivity index (χ4n) is 2.64. The topological polar surface area (TPSA) is 52.6 Å². The van der Waals surface area contributed by atoms with Crippen LogP contribution in [-0.4, -0.2) is 19.0 Å². The first-order chi connectivity index (χ1) is 12.7. The van der Waals surface area contributed by atoms with Crippen molar-refractivity contribution in [3.05, 3.63) is 93.9 Å². The van der Waals surface area contributed by atoms with E-state index in [1.54, 1.807) is 6.07 Å². The van der Waals surface area contributed by atoms with Crippen molar-refractivity contribution < 1.29 is 19.1 Å². The molecule has 4 heteroatoms. The minimum absolute atomic E-state index is 0.169. The summed E-state index contributed by atoms with van der Waals surface area (Å²) in [5, 5.41) is 1.46. The maximum atomic E-state index is 12.5. The van der Waals surface area contributed by atoms with Gasteiger partial charge in [0.1, 0.15) is 6.61 Å². The fraction of sp³-hybridized carbons (Fsp3) is 0.0909. The van der Waals surface area contributed by atoms with Gasteiger partial charge in [-0.1, -0.05) is 66.8 Å². The summed E-state index contributed by atoms with van der Waals surface area (Å²) in [6, 6.07) is 12.7. The molecule has 0 saturated heterocycles. The van der Waals surface area contributed by atoms with E-state index < -0.39 is 11.9 Å². The number of hydrogen-bond acceptors (Lipinski definition) is 4. The van der Waals surface area contributed by atoms with E-state index in [0.29, 0.717) is 16.3 Å². The Labute approximate surface area is 151 Å². The van der Waals surface area contributed by atoms with Crippen LogP contribution in [0.2, 0.25) is 0 Å². The lowest BCUT2D eigenvalue weighted by atomic mass is 10.0. The Balaban J connectivity index is 1.99. The van der Waals surface area contributed by atoms with Crippen molar-refractivity contribution in [1.82, 2.24) is 0 Å². The SMILES string of the molecule is COC(=O)c1cc(C(=O)OCc2ccccc2)cc2c1=CC=CC=CC=2. The molecule has 26 heavy (non-hydrogen) atoms. The third-order valence-electron chi connectivity index (χ3n) is 3.94. The normalized spacial score (nSPS) is 12.0. The maximum Gasteiger partial charge on any atom is 0.338 e. The molecule has 1 aliphatic rings. The molecule has 4 nitrogen and oxygen atoms in total. The monoisotopic (exact) mass is 346 g/mol. The lowest BCUT2D eigenvalue weighted by Crippen LogP contribution is -2.33. The van der Waals surface area contributed by atoms with E-state index in [2.05, 4.69) is 0 Å². The lowest BCUT2D eigenvalue weighted by Gasteiger charge is -2.08. The van der Waals surface area contributed by atoms with Crippen LogP contribution in [-0.2, 0) is 16.1 Å². The number of rotatable bonds is 4. The largest absolute Gasteiger partial charge is 0.465 e. The maximum absolute atomic E-state index is 12.5. The molecule has 0 amide bonds. The van der Waals surface area contributed by atoms with E-state index in [4.69, 9.17) is 9.47 Å². The van der Waals surface area contributed by atoms with Crippen LogP contribution >= 0.6 is 0 Å². The first-order valence-corrected chi connectivity index (χ1v) is 8.18. The second-order valence-corrected chi connectivity index (χ2v) is 5.68. The summed E-state index contributed by atoms with van der Waals surface area (Å²) in [7, 11) is 1.32. The Morgan fingerprint density at radius 1 is 0.885 bits per heavy atom. The van der Waals surface area contributed by atoms with Gasteiger partial charge in [-0.25, -0.2) is 9.59 Å². The summed E-state index contributed by atoms with van der Waals surface area (Å²) in [6.45, 7) is 0.169. The van der Waals surface area contributed by atoms with Crippen molar-refractivity contribution in [3.8, 4) is 0 Å². The van der Waals surface area contributed by atoms with Gasteiger partial charge in [-0.2, -0.15) is 0 Å². The number of benzene rings is 2. The number of carbonyl (C=O) groups excluding carboxylic acids is 2. The quantitative estimate of drug-likeness (QED) is 0.799. The molecular weight excluding hydrogens is 328 g/mol. The van der Waals surface area contributed by atoms with Crippen LogP contribution in [0.4, 0.5) is 0 Å². The minimum atomic E-state index is -0.499. The van der Waals surface area contributed by atoms with E-state index in [1.807, 2.05) is 66.8 Å². The summed E-state index contributed by atoms with van der Waals surface area (Å²) in [6.07, 6.45) is 11.1. The van der Waals surface area contributed by atoms with Gasteiger partial charge in [0.05, 0.1) is 18.2 Å². The van der Waals surface area contributed by atoms with Crippen LogP contribution in [0.5, 0.6) is 0 Å². The standard InChI is InChI=1S/C22H18O4/c1-25-22(24)20-14-18(13-17-11-7-2-3-8-12-19(17)20)21(23)26-15-16-9-5-4-6-10-16/h2-14H,15H2,1H3. The van der Waals surface area contributed by atoms with Crippen LogP contribution < -0.4 is 10.4 Å². The number of hydrogen-bond donors (Lipinski definition) is 0. The van der Waals surface area contributed by atoms with Crippen LogP contribution in [0, 0.1) is 0 Å². The van der Waals surface area contributed by atoms with Crippen molar-refractivity contribution in [2.24, 2.45) is 0 Å². The molecule has 0 unspecified atom stereocenters. The molecule has 0 bridgehead atoms. The third kappa shape index (κ3) is 3.98. The van der Waals surface area contributed by atoms with Crippen LogP contribution in [0.3, 0.4) is 0 Å². The van der Waals surface area contributed by atoms with Gasteiger partial charge in [-0.05, 0) is 28.1 Å². The Bertz CT molecular complexity index is 998. The highest BCUT2D eigenvalue weighted by molar-refractivity contribution is 5.96. The third-order valence-corrected chi connectivity index (χ3v) is 3.94. The molecule has 0 radical (unpaired) electrons. The first kappa shape index (κ1) is 17.4. The molecule has 0 aliphatic heterocycles. The molecule has 2 aromatic carbocycles. The second kappa shape index (κ2) is 8.12. The summed E-state index contributed by atoms with van der Waals surface area (Å²) in [4.78, 5) is 24.7. The Kier molecular flexibility index (Phi) is 5.44. The van der Waals surface area contributed by atoms with Gasteiger partial charge in [-0.15, -0.1) is 0 Å². The predicted octanol–water partition coefficient (Wildman–Crippen LogP) is 2.52. The molecule has 0 spiro atoms. The van der Waals surface area contributed by atoms with E-state index in [0.717, 1.165) is 10.8 Å².